The molecule has 436 valence electrons. The highest BCUT2D eigenvalue weighted by atomic mass is 15.1. The minimum Gasteiger partial charge on any atom is -0.310 e. The van der Waals surface area contributed by atoms with Crippen LogP contribution in [0.4, 0.5) is 34.1 Å². The maximum atomic E-state index is 2.53. The average Bonchev–Trinajstić information content (AvgIpc) is 1.22. The molecule has 15 aromatic carbocycles. The second-order valence-electron chi connectivity index (χ2n) is 27.7. The van der Waals surface area contributed by atoms with Gasteiger partial charge >= 0.3 is 0 Å². The molecular weight excluding hydrogens is 1100 g/mol. The van der Waals surface area contributed by atoms with Crippen molar-refractivity contribution in [2.75, 3.05) is 9.80 Å². The normalized spacial score (nSPS) is 13.7. The van der Waals surface area contributed by atoms with Gasteiger partial charge in [0, 0.05) is 45.0 Å². The molecule has 0 N–H and O–H groups in total. The molecule has 91 heavy (non-hydrogen) atoms. The number of hydrogen-bond acceptors (Lipinski definition) is 2. The third kappa shape index (κ3) is 8.46. The van der Waals surface area contributed by atoms with E-state index in [0.29, 0.717) is 0 Å². The molecule has 0 aliphatic heterocycles. The molecule has 0 atom stereocenters. The molecule has 0 amide bonds. The summed E-state index contributed by atoms with van der Waals surface area (Å²) in [5, 5.41) is 14.6. The van der Waals surface area contributed by atoms with E-state index in [1.54, 1.807) is 0 Å². The molecule has 2 nitrogen and oxygen atoms in total. The fraction of sp³-hybridized carbons (Fsp3) is 0.124. The van der Waals surface area contributed by atoms with Crippen LogP contribution in [-0.4, -0.2) is 0 Å². The summed E-state index contributed by atoms with van der Waals surface area (Å²) in [4.78, 5) is 5.01. The minimum absolute atomic E-state index is 0.0146. The van der Waals surface area contributed by atoms with Gasteiger partial charge in [0.1, 0.15) is 0 Å². The molecule has 0 heterocycles. The maximum Gasteiger partial charge on any atom is 0.0468 e. The molecule has 0 unspecified atom stereocenters. The Labute approximate surface area is 534 Å². The van der Waals surface area contributed by atoms with Crippen molar-refractivity contribution in [1.29, 1.82) is 0 Å². The number of nitrogens with zero attached hydrogens (tertiary/aromatic N) is 2. The van der Waals surface area contributed by atoms with E-state index in [9.17, 15) is 0 Å². The van der Waals surface area contributed by atoms with Crippen molar-refractivity contribution < 1.29 is 0 Å². The molecule has 0 bridgehead atoms. The van der Waals surface area contributed by atoms with E-state index in [-0.39, 0.29) is 16.2 Å². The van der Waals surface area contributed by atoms with Crippen LogP contribution in [0.2, 0.25) is 0 Å². The SMILES string of the molecule is Cc1ccc(N(c2ccc3c(c2)C(C)(C)c2ccccc2-3)c2ccc3c(-c4cc5ccccc5c5ccccc45)c4cc(N(c5ccc(C(C)(C)C)cc5)c5ccc6c(c5)C(C)(C)c5ccccc5-6)ccc4c(-c4cc5ccccc5c5ccccc45)c3c2)cc1. The van der Waals surface area contributed by atoms with Crippen LogP contribution in [0.15, 0.2) is 279 Å². The summed E-state index contributed by atoms with van der Waals surface area (Å²) in [7, 11) is 0. The van der Waals surface area contributed by atoms with E-state index < -0.39 is 0 Å². The molecule has 2 aliphatic rings. The van der Waals surface area contributed by atoms with Gasteiger partial charge in [0.25, 0.3) is 0 Å². The van der Waals surface area contributed by atoms with Gasteiger partial charge in [-0.2, -0.15) is 0 Å². The number of rotatable bonds is 8. The van der Waals surface area contributed by atoms with E-state index in [1.807, 2.05) is 0 Å². The predicted octanol–water partition coefficient (Wildman–Crippen LogP) is 25.1. The van der Waals surface area contributed by atoms with Gasteiger partial charge in [-0.25, -0.2) is 0 Å². The first kappa shape index (κ1) is 54.6. The highest BCUT2D eigenvalue weighted by Crippen LogP contribution is 2.56. The first-order valence-corrected chi connectivity index (χ1v) is 32.3. The van der Waals surface area contributed by atoms with Crippen LogP contribution >= 0.6 is 0 Å². The van der Waals surface area contributed by atoms with E-state index in [1.165, 1.54) is 143 Å². The van der Waals surface area contributed by atoms with Crippen molar-refractivity contribution in [1.82, 2.24) is 0 Å². The molecule has 0 radical (unpaired) electrons. The Morgan fingerprint density at radius 2 is 0.593 bits per heavy atom. The maximum absolute atomic E-state index is 2.53. The van der Waals surface area contributed by atoms with Crippen molar-refractivity contribution in [2.45, 2.75) is 71.6 Å². The lowest BCUT2D eigenvalue weighted by atomic mass is 9.81. The largest absolute Gasteiger partial charge is 0.310 e. The first-order valence-electron chi connectivity index (χ1n) is 32.3. The van der Waals surface area contributed by atoms with Gasteiger partial charge < -0.3 is 9.80 Å². The monoisotopic (exact) mass is 1170 g/mol. The highest BCUT2D eigenvalue weighted by Gasteiger charge is 2.38. The zero-order chi connectivity index (χ0) is 61.7. The van der Waals surface area contributed by atoms with Gasteiger partial charge in [0.05, 0.1) is 0 Å². The number of benzene rings is 15. The molecule has 15 aromatic rings. The fourth-order valence-electron chi connectivity index (χ4n) is 15.9. The minimum atomic E-state index is -0.190. The Morgan fingerprint density at radius 3 is 1.03 bits per heavy atom. The van der Waals surface area contributed by atoms with Crippen LogP contribution in [0.5, 0.6) is 0 Å². The van der Waals surface area contributed by atoms with E-state index in [0.717, 1.165) is 34.1 Å². The van der Waals surface area contributed by atoms with Gasteiger partial charge in [0.2, 0.25) is 0 Å². The molecule has 0 spiro atoms. The van der Waals surface area contributed by atoms with E-state index >= 15 is 0 Å². The van der Waals surface area contributed by atoms with Gasteiger partial charge in [-0.1, -0.05) is 248 Å². The van der Waals surface area contributed by atoms with E-state index in [2.05, 4.69) is 344 Å². The number of hydrogen-bond donors (Lipinski definition) is 0. The molecule has 0 aromatic heterocycles. The summed E-state index contributed by atoms with van der Waals surface area (Å²) in [5.74, 6) is 0. The van der Waals surface area contributed by atoms with Crippen LogP contribution in [0.1, 0.15) is 81.8 Å². The lowest BCUT2D eigenvalue weighted by Gasteiger charge is -2.30. The smallest absolute Gasteiger partial charge is 0.0468 e. The standard InChI is InChI=1S/C89H70N2/c1-55-33-37-59(38-34-55)90(63-41-45-73-71-29-17-19-31-81(71)88(5,6)83(73)53-63)61-43-47-75-79(51-61)85(77-49-56-21-9-11-23-65(56)67-25-13-15-27-69(67)77)76-48-44-62(52-80(76)86(75)78-50-57-22-10-12-24-66(57)68-26-14-16-28-70(68)78)91(60-39-35-58(36-40-60)87(2,3)4)64-42-46-74-72-30-18-20-32-82(72)89(7,8)84(74)54-64/h9-54H,1-8H3. The van der Waals surface area contributed by atoms with Crippen molar-refractivity contribution in [3.05, 3.63) is 312 Å². The second-order valence-corrected chi connectivity index (χ2v) is 27.7. The van der Waals surface area contributed by atoms with Crippen LogP contribution in [-0.2, 0) is 16.2 Å². The van der Waals surface area contributed by atoms with Crippen LogP contribution in [0, 0.1) is 6.92 Å². The summed E-state index contributed by atoms with van der Waals surface area (Å²) >= 11 is 0. The fourth-order valence-corrected chi connectivity index (χ4v) is 15.9. The zero-order valence-corrected chi connectivity index (χ0v) is 53.0. The predicted molar refractivity (Wildman–Crippen MR) is 390 cm³/mol. The summed E-state index contributed by atoms with van der Waals surface area (Å²) in [6.07, 6.45) is 0. The zero-order valence-electron chi connectivity index (χ0n) is 53.0. The third-order valence-corrected chi connectivity index (χ3v) is 20.6. The Hall–Kier alpha value is -10.5. The average molecular weight is 1170 g/mol. The lowest BCUT2D eigenvalue weighted by molar-refractivity contribution is 0.590. The molecular formula is C89H70N2. The van der Waals surface area contributed by atoms with Gasteiger partial charge in [-0.15, -0.1) is 0 Å². The number of aryl methyl sites for hydroxylation is 1. The number of anilines is 6. The molecule has 0 fully saturated rings. The molecule has 2 aliphatic carbocycles. The topological polar surface area (TPSA) is 6.48 Å². The summed E-state index contributed by atoms with van der Waals surface area (Å²) in [6.45, 7) is 18.6. The Morgan fingerprint density at radius 1 is 0.253 bits per heavy atom. The van der Waals surface area contributed by atoms with Crippen molar-refractivity contribution in [2.24, 2.45) is 0 Å². The van der Waals surface area contributed by atoms with Crippen LogP contribution in [0.3, 0.4) is 0 Å². The summed E-state index contributed by atoms with van der Waals surface area (Å²) < 4.78 is 0. The van der Waals surface area contributed by atoms with Gasteiger partial charge in [0.15, 0.2) is 0 Å². The molecule has 2 heteroatoms. The van der Waals surface area contributed by atoms with Crippen molar-refractivity contribution >= 4 is 98.8 Å². The van der Waals surface area contributed by atoms with Crippen molar-refractivity contribution in [3.8, 4) is 44.5 Å². The van der Waals surface area contributed by atoms with E-state index in [4.69, 9.17) is 0 Å². The Bertz CT molecular complexity index is 5520. The van der Waals surface area contributed by atoms with Crippen LogP contribution in [0.25, 0.3) is 109 Å². The third-order valence-electron chi connectivity index (χ3n) is 20.6. The quantitative estimate of drug-likeness (QED) is 0.111. The summed E-state index contributed by atoms with van der Waals surface area (Å²) in [6, 6.07) is 107. The van der Waals surface area contributed by atoms with Gasteiger partial charge in [-0.3, -0.25) is 0 Å². The van der Waals surface area contributed by atoms with Crippen LogP contribution < -0.4 is 9.80 Å². The number of fused-ring (bicyclic) bond motifs is 14. The van der Waals surface area contributed by atoms with Gasteiger partial charge in [-0.05, 0) is 234 Å². The second kappa shape index (κ2) is 20.2. The molecule has 0 saturated heterocycles. The lowest BCUT2D eigenvalue weighted by Crippen LogP contribution is -2.17. The summed E-state index contributed by atoms with van der Waals surface area (Å²) in [5.41, 5.74) is 24.3. The molecule has 17 rings (SSSR count). The van der Waals surface area contributed by atoms with Crippen molar-refractivity contribution in [3.63, 3.8) is 0 Å². The highest BCUT2D eigenvalue weighted by molar-refractivity contribution is 6.29. The molecule has 0 saturated carbocycles. The Kier molecular flexibility index (Phi) is 12.1. The Balaban J connectivity index is 1.00. The first-order chi connectivity index (χ1) is 44.2.